The molecule has 2 aliphatic rings. The number of aromatic nitrogens is 2. The van der Waals surface area contributed by atoms with Crippen LogP contribution in [0, 0.1) is 0 Å². The molecule has 0 bridgehead atoms. The van der Waals surface area contributed by atoms with Crippen LogP contribution in [-0.2, 0) is 12.8 Å². The number of nitrogens with one attached hydrogen (secondary N) is 2. The summed E-state index contributed by atoms with van der Waals surface area (Å²) in [4.78, 5) is 9.47. The number of anilines is 1. The Bertz CT molecular complexity index is 457. The van der Waals surface area contributed by atoms with Crippen molar-refractivity contribution in [2.75, 3.05) is 24.7 Å². The predicted octanol–water partition coefficient (Wildman–Crippen LogP) is 2.63. The third-order valence-electron chi connectivity index (χ3n) is 4.29. The van der Waals surface area contributed by atoms with Crippen molar-refractivity contribution >= 4 is 17.6 Å². The van der Waals surface area contributed by atoms with Crippen LogP contribution in [0.25, 0.3) is 0 Å². The van der Waals surface area contributed by atoms with Gasteiger partial charge in [0.1, 0.15) is 5.82 Å². The Balaban J connectivity index is 1.86. The fraction of sp³-hybridized carbons (Fsp3) is 0.733. The Kier molecular flexibility index (Phi) is 4.78. The average Bonchev–Trinajstić information content (AvgIpc) is 2.73. The lowest BCUT2D eigenvalue weighted by molar-refractivity contribution is 0.461. The highest BCUT2D eigenvalue weighted by Crippen LogP contribution is 2.26. The van der Waals surface area contributed by atoms with E-state index in [4.69, 9.17) is 9.97 Å². The van der Waals surface area contributed by atoms with Crippen molar-refractivity contribution in [3.05, 3.63) is 11.3 Å². The second kappa shape index (κ2) is 6.76. The third-order valence-corrected chi connectivity index (χ3v) is 4.84. The van der Waals surface area contributed by atoms with Crippen LogP contribution in [0.5, 0.6) is 0 Å². The van der Waals surface area contributed by atoms with Crippen LogP contribution < -0.4 is 10.6 Å². The van der Waals surface area contributed by atoms with Crippen molar-refractivity contribution in [1.29, 1.82) is 0 Å². The van der Waals surface area contributed by atoms with Gasteiger partial charge in [0.25, 0.3) is 0 Å². The molecule has 2 heterocycles. The first-order valence-electron chi connectivity index (χ1n) is 7.78. The van der Waals surface area contributed by atoms with E-state index in [1.54, 1.807) is 11.8 Å². The van der Waals surface area contributed by atoms with Crippen LogP contribution in [0.1, 0.15) is 43.4 Å². The first kappa shape index (κ1) is 14.1. The lowest BCUT2D eigenvalue weighted by Crippen LogP contribution is -2.24. The van der Waals surface area contributed by atoms with Gasteiger partial charge in [-0.2, -0.15) is 0 Å². The molecule has 110 valence electrons. The van der Waals surface area contributed by atoms with Gasteiger partial charge in [-0.25, -0.2) is 9.97 Å². The van der Waals surface area contributed by atoms with Crippen LogP contribution in [0.4, 0.5) is 5.82 Å². The first-order valence-corrected chi connectivity index (χ1v) is 9.00. The van der Waals surface area contributed by atoms with Gasteiger partial charge in [0.2, 0.25) is 0 Å². The molecule has 0 unspecified atom stereocenters. The molecule has 1 aromatic heterocycles. The molecule has 3 rings (SSSR count). The number of fused-ring (bicyclic) bond motifs is 1. The molecule has 4 nitrogen and oxygen atoms in total. The molecule has 1 saturated carbocycles. The first-order chi connectivity index (χ1) is 9.86. The molecule has 1 aromatic rings. The quantitative estimate of drug-likeness (QED) is 0.662. The van der Waals surface area contributed by atoms with Gasteiger partial charge < -0.3 is 10.6 Å². The standard InChI is InChI=1S/C15H24N4S/c1-20-15-18-13-8-10-16-9-7-12(13)14(19-15)17-11-5-3-2-4-6-11/h11,16H,2-10H2,1H3,(H,17,18,19). The minimum atomic E-state index is 0.605. The number of hydrogen-bond donors (Lipinski definition) is 2. The van der Waals surface area contributed by atoms with E-state index in [0.717, 1.165) is 36.9 Å². The Labute approximate surface area is 125 Å². The molecule has 1 aliphatic carbocycles. The van der Waals surface area contributed by atoms with Crippen LogP contribution in [0.3, 0.4) is 0 Å². The Morgan fingerprint density at radius 3 is 2.70 bits per heavy atom. The second-order valence-electron chi connectivity index (χ2n) is 5.71. The molecule has 0 radical (unpaired) electrons. The zero-order valence-electron chi connectivity index (χ0n) is 12.2. The molecule has 1 fully saturated rings. The van der Waals surface area contributed by atoms with E-state index in [-0.39, 0.29) is 0 Å². The van der Waals surface area contributed by atoms with E-state index in [0.29, 0.717) is 6.04 Å². The second-order valence-corrected chi connectivity index (χ2v) is 6.49. The Morgan fingerprint density at radius 2 is 1.90 bits per heavy atom. The molecular weight excluding hydrogens is 268 g/mol. The van der Waals surface area contributed by atoms with E-state index in [1.807, 2.05) is 0 Å². The normalized spacial score (nSPS) is 20.2. The maximum Gasteiger partial charge on any atom is 0.189 e. The maximum absolute atomic E-state index is 4.75. The molecular formula is C15H24N4S. The van der Waals surface area contributed by atoms with E-state index in [2.05, 4.69) is 16.9 Å². The van der Waals surface area contributed by atoms with Gasteiger partial charge in [0.05, 0.1) is 5.69 Å². The van der Waals surface area contributed by atoms with Crippen LogP contribution in [-0.4, -0.2) is 35.4 Å². The third kappa shape index (κ3) is 3.26. The summed E-state index contributed by atoms with van der Waals surface area (Å²) in [5, 5.41) is 8.09. The Morgan fingerprint density at radius 1 is 1.10 bits per heavy atom. The zero-order valence-corrected chi connectivity index (χ0v) is 13.1. The van der Waals surface area contributed by atoms with Gasteiger partial charge in [0, 0.05) is 24.6 Å². The minimum absolute atomic E-state index is 0.605. The summed E-state index contributed by atoms with van der Waals surface area (Å²) in [7, 11) is 0. The predicted molar refractivity (Wildman–Crippen MR) is 84.6 cm³/mol. The summed E-state index contributed by atoms with van der Waals surface area (Å²) >= 11 is 1.64. The molecule has 2 N–H and O–H groups in total. The molecule has 20 heavy (non-hydrogen) atoms. The highest BCUT2D eigenvalue weighted by molar-refractivity contribution is 7.98. The lowest BCUT2D eigenvalue weighted by Gasteiger charge is -2.25. The summed E-state index contributed by atoms with van der Waals surface area (Å²) in [6, 6.07) is 0.605. The summed E-state index contributed by atoms with van der Waals surface area (Å²) < 4.78 is 0. The maximum atomic E-state index is 4.75. The van der Waals surface area contributed by atoms with E-state index >= 15 is 0 Å². The van der Waals surface area contributed by atoms with Crippen molar-refractivity contribution in [2.24, 2.45) is 0 Å². The topological polar surface area (TPSA) is 49.8 Å². The smallest absolute Gasteiger partial charge is 0.189 e. The number of nitrogens with zero attached hydrogens (tertiary/aromatic N) is 2. The van der Waals surface area contributed by atoms with Gasteiger partial charge in [-0.05, 0) is 32.1 Å². The fourth-order valence-electron chi connectivity index (χ4n) is 3.17. The molecule has 0 aromatic carbocycles. The summed E-state index contributed by atoms with van der Waals surface area (Å²) in [5.41, 5.74) is 2.59. The number of hydrogen-bond acceptors (Lipinski definition) is 5. The monoisotopic (exact) mass is 292 g/mol. The number of rotatable bonds is 3. The van der Waals surface area contributed by atoms with E-state index in [9.17, 15) is 0 Å². The minimum Gasteiger partial charge on any atom is -0.367 e. The summed E-state index contributed by atoms with van der Waals surface area (Å²) in [6.45, 7) is 2.06. The molecule has 0 amide bonds. The van der Waals surface area contributed by atoms with Crippen molar-refractivity contribution in [1.82, 2.24) is 15.3 Å². The SMILES string of the molecule is CSc1nc2c(c(NC3CCCCC3)n1)CCNCC2. The van der Waals surface area contributed by atoms with Crippen molar-refractivity contribution < 1.29 is 0 Å². The van der Waals surface area contributed by atoms with Gasteiger partial charge in [-0.3, -0.25) is 0 Å². The highest BCUT2D eigenvalue weighted by atomic mass is 32.2. The summed E-state index contributed by atoms with van der Waals surface area (Å²) in [5.74, 6) is 1.11. The van der Waals surface area contributed by atoms with Crippen molar-refractivity contribution in [3.63, 3.8) is 0 Å². The van der Waals surface area contributed by atoms with Gasteiger partial charge in [-0.1, -0.05) is 31.0 Å². The molecule has 5 heteroatoms. The highest BCUT2D eigenvalue weighted by Gasteiger charge is 2.20. The van der Waals surface area contributed by atoms with Crippen molar-refractivity contribution in [2.45, 2.75) is 56.1 Å². The van der Waals surface area contributed by atoms with Gasteiger partial charge in [-0.15, -0.1) is 0 Å². The summed E-state index contributed by atoms with van der Waals surface area (Å²) in [6.07, 6.45) is 10.8. The van der Waals surface area contributed by atoms with Crippen LogP contribution >= 0.6 is 11.8 Å². The largest absolute Gasteiger partial charge is 0.367 e. The molecule has 1 aliphatic heterocycles. The van der Waals surface area contributed by atoms with Crippen molar-refractivity contribution in [3.8, 4) is 0 Å². The average molecular weight is 292 g/mol. The van der Waals surface area contributed by atoms with E-state index in [1.165, 1.54) is 43.4 Å². The Hall–Kier alpha value is -0.810. The van der Waals surface area contributed by atoms with Gasteiger partial charge >= 0.3 is 0 Å². The van der Waals surface area contributed by atoms with Crippen LogP contribution in [0.15, 0.2) is 5.16 Å². The molecule has 0 saturated heterocycles. The molecule has 0 atom stereocenters. The van der Waals surface area contributed by atoms with E-state index < -0.39 is 0 Å². The fourth-order valence-corrected chi connectivity index (χ4v) is 3.56. The lowest BCUT2D eigenvalue weighted by atomic mass is 9.95. The van der Waals surface area contributed by atoms with Gasteiger partial charge in [0.15, 0.2) is 5.16 Å². The zero-order chi connectivity index (χ0) is 13.8. The van der Waals surface area contributed by atoms with Crippen LogP contribution in [0.2, 0.25) is 0 Å². The molecule has 0 spiro atoms. The number of thioether (sulfide) groups is 1.